The topological polar surface area (TPSA) is 29.1 Å². The maximum absolute atomic E-state index is 12.7. The van der Waals surface area contributed by atoms with Crippen LogP contribution in [0, 0.1) is 18.2 Å². The van der Waals surface area contributed by atoms with Crippen molar-refractivity contribution in [3.05, 3.63) is 65.5 Å². The van der Waals surface area contributed by atoms with Gasteiger partial charge in [-0.05, 0) is 35.9 Å². The molecule has 0 unspecified atom stereocenters. The largest absolute Gasteiger partial charge is 0.326 e. The van der Waals surface area contributed by atoms with Gasteiger partial charge in [0.15, 0.2) is 0 Å². The summed E-state index contributed by atoms with van der Waals surface area (Å²) in [6.07, 6.45) is 5.48. The highest BCUT2D eigenvalue weighted by Crippen LogP contribution is 2.11. The van der Waals surface area contributed by atoms with Crippen LogP contribution in [-0.4, -0.2) is 5.91 Å². The van der Waals surface area contributed by atoms with Crippen LogP contribution < -0.4 is 5.32 Å². The number of benzene rings is 2. The Bertz CT molecular complexity index is 626. The molecule has 0 heterocycles. The van der Waals surface area contributed by atoms with Gasteiger partial charge in [-0.2, -0.15) is 0 Å². The van der Waals surface area contributed by atoms with Crippen molar-refractivity contribution >= 4 is 11.6 Å². The van der Waals surface area contributed by atoms with Crippen LogP contribution in [0.15, 0.2) is 48.5 Å². The number of rotatable bonds is 3. The third-order valence-corrected chi connectivity index (χ3v) is 2.59. The molecule has 0 aromatic heterocycles. The van der Waals surface area contributed by atoms with Crippen molar-refractivity contribution in [2.24, 2.45) is 0 Å². The van der Waals surface area contributed by atoms with Crippen LogP contribution in [0.2, 0.25) is 0 Å². The summed E-state index contributed by atoms with van der Waals surface area (Å²) in [5.41, 5.74) is 2.12. The molecule has 0 aliphatic rings. The Morgan fingerprint density at radius 2 is 1.95 bits per heavy atom. The summed E-state index contributed by atoms with van der Waals surface area (Å²) < 4.78 is 12.7. The predicted molar refractivity (Wildman–Crippen MR) is 73.1 cm³/mol. The summed E-state index contributed by atoms with van der Waals surface area (Å²) >= 11 is 0. The molecule has 19 heavy (non-hydrogen) atoms. The molecule has 2 rings (SSSR count). The first-order valence-electron chi connectivity index (χ1n) is 5.78. The SMILES string of the molecule is C#Cc1cccc(NC(=O)Cc2ccc(F)cc2)c1. The number of terminal acetylenes is 1. The summed E-state index contributed by atoms with van der Waals surface area (Å²) in [6.45, 7) is 0. The van der Waals surface area contributed by atoms with Gasteiger partial charge in [-0.25, -0.2) is 4.39 Å². The van der Waals surface area contributed by atoms with Gasteiger partial charge < -0.3 is 5.32 Å². The Kier molecular flexibility index (Phi) is 3.94. The highest BCUT2D eigenvalue weighted by atomic mass is 19.1. The molecule has 0 radical (unpaired) electrons. The van der Waals surface area contributed by atoms with Crippen LogP contribution in [0.4, 0.5) is 10.1 Å². The van der Waals surface area contributed by atoms with E-state index in [9.17, 15) is 9.18 Å². The molecule has 0 spiro atoms. The molecule has 0 aliphatic heterocycles. The summed E-state index contributed by atoms with van der Waals surface area (Å²) in [6, 6.07) is 12.9. The number of halogens is 1. The average molecular weight is 253 g/mol. The molecule has 1 N–H and O–H groups in total. The standard InChI is InChI=1S/C16H12FNO/c1-2-12-4-3-5-15(10-12)18-16(19)11-13-6-8-14(17)9-7-13/h1,3-10H,11H2,(H,18,19). The molecule has 2 nitrogen and oxygen atoms in total. The second-order valence-corrected chi connectivity index (χ2v) is 4.08. The second-order valence-electron chi connectivity index (χ2n) is 4.08. The first-order chi connectivity index (χ1) is 9.17. The molecule has 0 saturated carbocycles. The minimum atomic E-state index is -0.314. The molecule has 0 atom stereocenters. The maximum atomic E-state index is 12.7. The van der Waals surface area contributed by atoms with Crippen LogP contribution >= 0.6 is 0 Å². The zero-order valence-corrected chi connectivity index (χ0v) is 10.2. The third kappa shape index (κ3) is 3.68. The van der Waals surface area contributed by atoms with Crippen LogP contribution in [-0.2, 0) is 11.2 Å². The number of hydrogen-bond acceptors (Lipinski definition) is 1. The summed E-state index contributed by atoms with van der Waals surface area (Å²) in [5.74, 6) is 2.02. The van der Waals surface area contributed by atoms with Crippen LogP contribution in [0.1, 0.15) is 11.1 Å². The predicted octanol–water partition coefficient (Wildman–Crippen LogP) is 2.99. The molecule has 2 aromatic rings. The third-order valence-electron chi connectivity index (χ3n) is 2.59. The van der Waals surface area contributed by atoms with E-state index in [1.165, 1.54) is 12.1 Å². The van der Waals surface area contributed by atoms with Gasteiger partial charge in [0.2, 0.25) is 5.91 Å². The summed E-state index contributed by atoms with van der Waals surface area (Å²) in [5, 5.41) is 2.75. The fourth-order valence-corrected chi connectivity index (χ4v) is 1.68. The Balaban J connectivity index is 2.01. The van der Waals surface area contributed by atoms with Crippen LogP contribution in [0.5, 0.6) is 0 Å². The van der Waals surface area contributed by atoms with E-state index in [-0.39, 0.29) is 18.1 Å². The fraction of sp³-hybridized carbons (Fsp3) is 0.0625. The van der Waals surface area contributed by atoms with E-state index < -0.39 is 0 Å². The zero-order valence-electron chi connectivity index (χ0n) is 10.2. The minimum Gasteiger partial charge on any atom is -0.326 e. The molecule has 0 aliphatic carbocycles. The Morgan fingerprint density at radius 3 is 2.63 bits per heavy atom. The number of amides is 1. The van der Waals surface area contributed by atoms with Crippen molar-refractivity contribution in [2.45, 2.75) is 6.42 Å². The van der Waals surface area contributed by atoms with Gasteiger partial charge in [0.05, 0.1) is 6.42 Å². The Morgan fingerprint density at radius 1 is 1.21 bits per heavy atom. The van der Waals surface area contributed by atoms with Crippen molar-refractivity contribution in [3.8, 4) is 12.3 Å². The Hall–Kier alpha value is -2.60. The average Bonchev–Trinajstić information content (AvgIpc) is 2.41. The van der Waals surface area contributed by atoms with Crippen LogP contribution in [0.25, 0.3) is 0 Å². The summed E-state index contributed by atoms with van der Waals surface area (Å²) in [4.78, 5) is 11.8. The molecule has 3 heteroatoms. The van der Waals surface area contributed by atoms with Gasteiger partial charge in [0, 0.05) is 11.3 Å². The van der Waals surface area contributed by atoms with Crippen molar-refractivity contribution in [3.63, 3.8) is 0 Å². The second kappa shape index (κ2) is 5.83. The van der Waals surface area contributed by atoms with E-state index in [1.807, 2.05) is 0 Å². The molecular weight excluding hydrogens is 241 g/mol. The van der Waals surface area contributed by atoms with Gasteiger partial charge in [0.25, 0.3) is 0 Å². The lowest BCUT2D eigenvalue weighted by atomic mass is 10.1. The van der Waals surface area contributed by atoms with Crippen molar-refractivity contribution in [2.75, 3.05) is 5.32 Å². The molecule has 1 amide bonds. The van der Waals surface area contributed by atoms with E-state index in [0.717, 1.165) is 5.56 Å². The molecule has 0 saturated heterocycles. The molecule has 0 bridgehead atoms. The number of carbonyl (C=O) groups excluding carboxylic acids is 1. The van der Waals surface area contributed by atoms with Crippen molar-refractivity contribution < 1.29 is 9.18 Å². The van der Waals surface area contributed by atoms with Gasteiger partial charge in [0.1, 0.15) is 5.82 Å². The molecule has 2 aromatic carbocycles. The van der Waals surface area contributed by atoms with Crippen LogP contribution in [0.3, 0.4) is 0 Å². The normalized spacial score (nSPS) is 9.68. The lowest BCUT2D eigenvalue weighted by Gasteiger charge is -2.05. The fourth-order valence-electron chi connectivity index (χ4n) is 1.68. The van der Waals surface area contributed by atoms with E-state index in [2.05, 4.69) is 11.2 Å². The summed E-state index contributed by atoms with van der Waals surface area (Å²) in [7, 11) is 0. The number of nitrogens with one attached hydrogen (secondary N) is 1. The number of anilines is 1. The van der Waals surface area contributed by atoms with Gasteiger partial charge in [-0.1, -0.05) is 24.1 Å². The lowest BCUT2D eigenvalue weighted by Crippen LogP contribution is -2.14. The molecular formula is C16H12FNO. The van der Waals surface area contributed by atoms with Crippen molar-refractivity contribution in [1.82, 2.24) is 0 Å². The maximum Gasteiger partial charge on any atom is 0.228 e. The van der Waals surface area contributed by atoms with E-state index in [4.69, 9.17) is 6.42 Å². The lowest BCUT2D eigenvalue weighted by molar-refractivity contribution is -0.115. The highest BCUT2D eigenvalue weighted by molar-refractivity contribution is 5.92. The van der Waals surface area contributed by atoms with E-state index in [0.29, 0.717) is 11.3 Å². The van der Waals surface area contributed by atoms with Gasteiger partial charge >= 0.3 is 0 Å². The number of carbonyl (C=O) groups is 1. The smallest absolute Gasteiger partial charge is 0.228 e. The van der Waals surface area contributed by atoms with E-state index in [1.54, 1.807) is 36.4 Å². The first-order valence-corrected chi connectivity index (χ1v) is 5.78. The minimum absolute atomic E-state index is 0.166. The van der Waals surface area contributed by atoms with Crippen molar-refractivity contribution in [1.29, 1.82) is 0 Å². The zero-order chi connectivity index (χ0) is 13.7. The monoisotopic (exact) mass is 253 g/mol. The first kappa shape index (κ1) is 12.8. The van der Waals surface area contributed by atoms with Gasteiger partial charge in [-0.3, -0.25) is 4.79 Å². The molecule has 0 fully saturated rings. The van der Waals surface area contributed by atoms with E-state index >= 15 is 0 Å². The van der Waals surface area contributed by atoms with Gasteiger partial charge in [-0.15, -0.1) is 6.42 Å². The molecule has 94 valence electrons. The highest BCUT2D eigenvalue weighted by Gasteiger charge is 2.04. The quantitative estimate of drug-likeness (QED) is 0.837. The number of hydrogen-bond donors (Lipinski definition) is 1. The Labute approximate surface area is 111 Å².